The molecule has 5 heteroatoms. The third-order valence-electron chi connectivity index (χ3n) is 4.75. The second-order valence-corrected chi connectivity index (χ2v) is 6.35. The van der Waals surface area contributed by atoms with Gasteiger partial charge in [0, 0.05) is 32.4 Å². The summed E-state index contributed by atoms with van der Waals surface area (Å²) in [6.07, 6.45) is 2.64. The number of aliphatic hydroxyl groups excluding tert-OH is 1. The van der Waals surface area contributed by atoms with Crippen molar-refractivity contribution in [3.63, 3.8) is 0 Å². The number of hydrogen-bond acceptors (Lipinski definition) is 3. The van der Waals surface area contributed by atoms with Crippen LogP contribution in [0.15, 0.2) is 53.5 Å². The summed E-state index contributed by atoms with van der Waals surface area (Å²) in [5.41, 5.74) is 1.33. The molecule has 24 heavy (non-hydrogen) atoms. The summed E-state index contributed by atoms with van der Waals surface area (Å²) >= 11 is 0. The highest BCUT2D eigenvalue weighted by Crippen LogP contribution is 2.30. The molecule has 2 aromatic rings. The minimum Gasteiger partial charge on any atom is -0.388 e. The van der Waals surface area contributed by atoms with Crippen molar-refractivity contribution in [2.45, 2.75) is 18.9 Å². The number of piperidine rings is 1. The van der Waals surface area contributed by atoms with Crippen LogP contribution in [0.1, 0.15) is 34.9 Å². The fourth-order valence-corrected chi connectivity index (χ4v) is 3.24. The molecule has 0 spiro atoms. The number of amides is 1. The average Bonchev–Trinajstić information content (AvgIpc) is 2.63. The molecule has 5 nitrogen and oxygen atoms in total. The van der Waals surface area contributed by atoms with Gasteiger partial charge < -0.3 is 14.6 Å². The van der Waals surface area contributed by atoms with Crippen LogP contribution >= 0.6 is 0 Å². The van der Waals surface area contributed by atoms with Crippen molar-refractivity contribution in [1.29, 1.82) is 0 Å². The molecule has 0 aliphatic carbocycles. The van der Waals surface area contributed by atoms with Crippen molar-refractivity contribution >= 4 is 5.91 Å². The number of aliphatic hydroxyl groups is 1. The van der Waals surface area contributed by atoms with Gasteiger partial charge in [-0.3, -0.25) is 9.59 Å². The Kier molecular flexibility index (Phi) is 4.81. The zero-order valence-corrected chi connectivity index (χ0v) is 13.8. The molecule has 1 fully saturated rings. The lowest BCUT2D eigenvalue weighted by molar-refractivity contribution is 0.0462. The van der Waals surface area contributed by atoms with Crippen LogP contribution in [-0.4, -0.2) is 33.6 Å². The van der Waals surface area contributed by atoms with Crippen molar-refractivity contribution in [2.75, 3.05) is 13.1 Å². The number of aromatic nitrogens is 1. The lowest BCUT2D eigenvalue weighted by Gasteiger charge is -2.34. The van der Waals surface area contributed by atoms with Crippen molar-refractivity contribution in [2.24, 2.45) is 13.0 Å². The van der Waals surface area contributed by atoms with E-state index in [2.05, 4.69) is 0 Å². The Morgan fingerprint density at radius 3 is 2.42 bits per heavy atom. The summed E-state index contributed by atoms with van der Waals surface area (Å²) in [4.78, 5) is 25.8. The van der Waals surface area contributed by atoms with Crippen molar-refractivity contribution in [1.82, 2.24) is 9.47 Å². The number of benzene rings is 1. The lowest BCUT2D eigenvalue weighted by Crippen LogP contribution is -2.40. The van der Waals surface area contributed by atoms with Crippen molar-refractivity contribution in [3.8, 4) is 0 Å². The average molecular weight is 326 g/mol. The van der Waals surface area contributed by atoms with E-state index >= 15 is 0 Å². The molecular formula is C19H22N2O3. The highest BCUT2D eigenvalue weighted by molar-refractivity contribution is 5.93. The first-order valence-electron chi connectivity index (χ1n) is 8.25. The molecule has 1 atom stereocenters. The summed E-state index contributed by atoms with van der Waals surface area (Å²) in [5, 5.41) is 10.5. The predicted octanol–water partition coefficient (Wildman–Crippen LogP) is 1.97. The van der Waals surface area contributed by atoms with Gasteiger partial charge in [-0.1, -0.05) is 30.3 Å². The van der Waals surface area contributed by atoms with Gasteiger partial charge in [-0.2, -0.15) is 0 Å². The molecule has 1 N–H and O–H groups in total. The summed E-state index contributed by atoms with van der Waals surface area (Å²) in [7, 11) is 1.64. The number of likely N-dealkylation sites (tertiary alicyclic amines) is 1. The molecule has 126 valence electrons. The van der Waals surface area contributed by atoms with Crippen molar-refractivity contribution in [3.05, 3.63) is 70.1 Å². The van der Waals surface area contributed by atoms with E-state index < -0.39 is 6.10 Å². The summed E-state index contributed by atoms with van der Waals surface area (Å²) < 4.78 is 1.42. The van der Waals surface area contributed by atoms with Crippen LogP contribution < -0.4 is 5.56 Å². The number of pyridine rings is 1. The van der Waals surface area contributed by atoms with E-state index in [-0.39, 0.29) is 17.4 Å². The largest absolute Gasteiger partial charge is 0.388 e. The van der Waals surface area contributed by atoms with Crippen molar-refractivity contribution < 1.29 is 9.90 Å². The molecule has 1 amide bonds. The van der Waals surface area contributed by atoms with Crippen LogP contribution in [0.25, 0.3) is 0 Å². The summed E-state index contributed by atoms with van der Waals surface area (Å²) in [5.74, 6) is 0.106. The monoisotopic (exact) mass is 326 g/mol. The second-order valence-electron chi connectivity index (χ2n) is 6.35. The number of aryl methyl sites for hydroxylation is 1. The lowest BCUT2D eigenvalue weighted by atomic mass is 9.87. The molecule has 1 aromatic heterocycles. The van der Waals surface area contributed by atoms with E-state index in [1.807, 2.05) is 30.3 Å². The van der Waals surface area contributed by atoms with Gasteiger partial charge in [0.2, 0.25) is 5.56 Å². The Bertz CT molecular complexity index is 762. The number of rotatable bonds is 3. The molecule has 1 aliphatic heterocycles. The minimum absolute atomic E-state index is 0.0572. The Labute approximate surface area is 141 Å². The van der Waals surface area contributed by atoms with E-state index in [9.17, 15) is 14.7 Å². The highest BCUT2D eigenvalue weighted by atomic mass is 16.3. The molecule has 2 heterocycles. The quantitative estimate of drug-likeness (QED) is 0.938. The summed E-state index contributed by atoms with van der Waals surface area (Å²) in [6, 6.07) is 12.7. The topological polar surface area (TPSA) is 62.5 Å². The zero-order valence-electron chi connectivity index (χ0n) is 13.8. The Balaban J connectivity index is 1.63. The molecule has 1 saturated heterocycles. The number of nitrogens with zero attached hydrogens (tertiary/aromatic N) is 2. The van der Waals surface area contributed by atoms with Crippen LogP contribution in [0.2, 0.25) is 0 Å². The number of carbonyl (C=O) groups excluding carboxylic acids is 1. The van der Waals surface area contributed by atoms with Gasteiger partial charge in [0.1, 0.15) is 0 Å². The molecule has 3 rings (SSSR count). The van der Waals surface area contributed by atoms with Crippen LogP contribution in [0, 0.1) is 5.92 Å². The molecule has 0 bridgehead atoms. The van der Waals surface area contributed by atoms with E-state index in [0.29, 0.717) is 18.7 Å². The Hall–Kier alpha value is -2.40. The van der Waals surface area contributed by atoms with E-state index in [1.165, 1.54) is 10.6 Å². The van der Waals surface area contributed by atoms with Gasteiger partial charge in [0.25, 0.3) is 5.91 Å². The third kappa shape index (κ3) is 3.41. The maximum Gasteiger partial charge on any atom is 0.255 e. The van der Waals surface area contributed by atoms with Gasteiger partial charge in [-0.05, 0) is 30.4 Å². The molecule has 1 unspecified atom stereocenters. The molecule has 0 saturated carbocycles. The predicted molar refractivity (Wildman–Crippen MR) is 91.7 cm³/mol. The maximum atomic E-state index is 12.6. The van der Waals surface area contributed by atoms with Gasteiger partial charge in [-0.25, -0.2) is 0 Å². The van der Waals surface area contributed by atoms with Crippen LogP contribution in [0.5, 0.6) is 0 Å². The Morgan fingerprint density at radius 2 is 1.79 bits per heavy atom. The number of hydrogen-bond donors (Lipinski definition) is 1. The van der Waals surface area contributed by atoms with E-state index in [0.717, 1.165) is 18.4 Å². The van der Waals surface area contributed by atoms with Gasteiger partial charge in [-0.15, -0.1) is 0 Å². The molecule has 0 radical (unpaired) electrons. The van der Waals surface area contributed by atoms with Gasteiger partial charge in [0.05, 0.1) is 11.7 Å². The first-order valence-corrected chi connectivity index (χ1v) is 8.25. The summed E-state index contributed by atoms with van der Waals surface area (Å²) in [6.45, 7) is 1.24. The smallest absolute Gasteiger partial charge is 0.255 e. The van der Waals surface area contributed by atoms with E-state index in [4.69, 9.17) is 0 Å². The second kappa shape index (κ2) is 7.01. The zero-order chi connectivity index (χ0) is 17.1. The molecular weight excluding hydrogens is 304 g/mol. The first kappa shape index (κ1) is 16.5. The highest BCUT2D eigenvalue weighted by Gasteiger charge is 2.28. The standard InChI is InChI=1S/C19H22N2O3/c1-20-13-16(7-8-17(20)22)19(24)21-11-9-15(10-12-21)18(23)14-5-3-2-4-6-14/h2-8,13,15,18,23H,9-12H2,1H3. The van der Waals surface area contributed by atoms with Crippen LogP contribution in [-0.2, 0) is 7.05 Å². The third-order valence-corrected chi connectivity index (χ3v) is 4.75. The molecule has 1 aliphatic rings. The van der Waals surface area contributed by atoms with E-state index in [1.54, 1.807) is 24.2 Å². The van der Waals surface area contributed by atoms with Gasteiger partial charge in [0.15, 0.2) is 0 Å². The Morgan fingerprint density at radius 1 is 1.12 bits per heavy atom. The minimum atomic E-state index is -0.485. The first-order chi connectivity index (χ1) is 11.6. The number of carbonyl (C=O) groups is 1. The SMILES string of the molecule is Cn1cc(C(=O)N2CCC(C(O)c3ccccc3)CC2)ccc1=O. The maximum absolute atomic E-state index is 12.6. The normalized spacial score (nSPS) is 16.8. The fourth-order valence-electron chi connectivity index (χ4n) is 3.24. The van der Waals surface area contributed by atoms with Gasteiger partial charge >= 0.3 is 0 Å². The molecule has 1 aromatic carbocycles. The van der Waals surface area contributed by atoms with Crippen LogP contribution in [0.3, 0.4) is 0 Å². The van der Waals surface area contributed by atoms with Crippen LogP contribution in [0.4, 0.5) is 0 Å². The fraction of sp³-hybridized carbons (Fsp3) is 0.368.